The van der Waals surface area contributed by atoms with Crippen LogP contribution in [0.15, 0.2) is 65.8 Å². The minimum absolute atomic E-state index is 0.217. The third-order valence-electron chi connectivity index (χ3n) is 4.65. The van der Waals surface area contributed by atoms with Gasteiger partial charge in [-0.05, 0) is 68.9 Å². The summed E-state index contributed by atoms with van der Waals surface area (Å²) in [5, 5.41) is 11.2. The van der Waals surface area contributed by atoms with Crippen LogP contribution < -0.4 is 16.0 Å². The Bertz CT molecular complexity index is 1350. The number of pyridine rings is 1. The third kappa shape index (κ3) is 6.00. The molecule has 2 aromatic carbocycles. The standard InChI is InChI=1S/C24H22ClN7S/c1-14-8-9-21(19(25)10-14)30-24(33)32-23(31-22-27-15(2)11-16(3)28-22)29-18-12-17-6-4-5-7-20(17)26-13-18/h4-13H,1-3H3,(H3,27,28,29,30,31,32,33). The lowest BCUT2D eigenvalue weighted by molar-refractivity contribution is 1.06. The van der Waals surface area contributed by atoms with Crippen LogP contribution in [0.4, 0.5) is 17.3 Å². The number of fused-ring (bicyclic) bond motifs is 1. The Labute approximate surface area is 202 Å². The number of nitrogens with one attached hydrogen (secondary N) is 3. The van der Waals surface area contributed by atoms with E-state index in [1.807, 2.05) is 75.4 Å². The Hall–Kier alpha value is -3.62. The van der Waals surface area contributed by atoms with E-state index >= 15 is 0 Å². The third-order valence-corrected chi connectivity index (χ3v) is 5.15. The highest BCUT2D eigenvalue weighted by atomic mass is 35.5. The second-order valence-corrected chi connectivity index (χ2v) is 8.31. The van der Waals surface area contributed by atoms with Gasteiger partial charge in [-0.3, -0.25) is 10.3 Å². The van der Waals surface area contributed by atoms with Gasteiger partial charge in [0, 0.05) is 16.8 Å². The highest BCUT2D eigenvalue weighted by Crippen LogP contribution is 2.23. The van der Waals surface area contributed by atoms with Gasteiger partial charge >= 0.3 is 0 Å². The molecule has 0 saturated carbocycles. The summed E-state index contributed by atoms with van der Waals surface area (Å²) in [4.78, 5) is 17.9. The number of benzene rings is 2. The van der Waals surface area contributed by atoms with Crippen LogP contribution in [0.2, 0.25) is 5.02 Å². The Kier molecular flexibility index (Phi) is 6.76. The first kappa shape index (κ1) is 22.6. The molecular weight excluding hydrogens is 454 g/mol. The van der Waals surface area contributed by atoms with Crippen molar-refractivity contribution < 1.29 is 0 Å². The number of aryl methyl sites for hydroxylation is 3. The fraction of sp³-hybridized carbons (Fsp3) is 0.125. The lowest BCUT2D eigenvalue weighted by Gasteiger charge is -2.14. The molecule has 2 heterocycles. The van der Waals surface area contributed by atoms with E-state index < -0.39 is 0 Å². The van der Waals surface area contributed by atoms with Crippen molar-refractivity contribution >= 4 is 63.1 Å². The molecule has 4 rings (SSSR count). The molecule has 0 saturated heterocycles. The molecule has 3 N–H and O–H groups in total. The van der Waals surface area contributed by atoms with Crippen molar-refractivity contribution in [3.63, 3.8) is 0 Å². The van der Waals surface area contributed by atoms with Crippen molar-refractivity contribution in [2.45, 2.75) is 20.8 Å². The van der Waals surface area contributed by atoms with E-state index in [0.29, 0.717) is 22.6 Å². The Balaban J connectivity index is 1.63. The topological polar surface area (TPSA) is 87.1 Å². The van der Waals surface area contributed by atoms with Crippen molar-refractivity contribution in [3.05, 3.63) is 82.8 Å². The number of para-hydroxylation sites is 1. The van der Waals surface area contributed by atoms with Crippen molar-refractivity contribution in [1.29, 1.82) is 0 Å². The lowest BCUT2D eigenvalue weighted by atomic mass is 10.2. The van der Waals surface area contributed by atoms with Crippen molar-refractivity contribution in [3.8, 4) is 0 Å². The highest BCUT2D eigenvalue weighted by Gasteiger charge is 2.09. The molecule has 33 heavy (non-hydrogen) atoms. The van der Waals surface area contributed by atoms with Crippen LogP contribution >= 0.6 is 23.8 Å². The van der Waals surface area contributed by atoms with E-state index in [1.165, 1.54) is 0 Å². The van der Waals surface area contributed by atoms with Crippen LogP contribution in [0.25, 0.3) is 10.9 Å². The molecule has 9 heteroatoms. The van der Waals surface area contributed by atoms with Crippen LogP contribution in [0.1, 0.15) is 17.0 Å². The molecule has 166 valence electrons. The summed E-state index contributed by atoms with van der Waals surface area (Å²) in [5.41, 5.74) is 5.04. The smallest absolute Gasteiger partial charge is 0.229 e. The maximum Gasteiger partial charge on any atom is 0.229 e. The molecule has 0 amide bonds. The van der Waals surface area contributed by atoms with E-state index in [-0.39, 0.29) is 5.11 Å². The number of nitrogens with zero attached hydrogens (tertiary/aromatic N) is 4. The van der Waals surface area contributed by atoms with E-state index in [2.05, 4.69) is 35.9 Å². The molecule has 4 aromatic rings. The van der Waals surface area contributed by atoms with Crippen LogP contribution in [-0.2, 0) is 0 Å². The quantitative estimate of drug-likeness (QED) is 0.194. The fourth-order valence-electron chi connectivity index (χ4n) is 3.22. The lowest BCUT2D eigenvalue weighted by Crippen LogP contribution is -2.26. The van der Waals surface area contributed by atoms with Gasteiger partial charge in [0.25, 0.3) is 0 Å². The summed E-state index contributed by atoms with van der Waals surface area (Å²) in [6.07, 6.45) is 1.73. The summed E-state index contributed by atoms with van der Waals surface area (Å²) < 4.78 is 0. The number of aromatic nitrogens is 3. The molecule has 0 unspecified atom stereocenters. The Morgan fingerprint density at radius 3 is 2.42 bits per heavy atom. The number of hydrogen-bond acceptors (Lipinski definition) is 4. The Morgan fingerprint density at radius 2 is 1.67 bits per heavy atom. The van der Waals surface area contributed by atoms with Crippen molar-refractivity contribution in [2.75, 3.05) is 16.0 Å². The van der Waals surface area contributed by atoms with Gasteiger partial charge < -0.3 is 10.6 Å². The molecule has 0 radical (unpaired) electrons. The number of hydrogen-bond donors (Lipinski definition) is 3. The zero-order chi connectivity index (χ0) is 23.4. The summed E-state index contributed by atoms with van der Waals surface area (Å²) >= 11 is 11.8. The van der Waals surface area contributed by atoms with Gasteiger partial charge in [-0.15, -0.1) is 0 Å². The summed E-state index contributed by atoms with van der Waals surface area (Å²) in [6.45, 7) is 5.78. The maximum atomic E-state index is 6.33. The number of aliphatic imine (C=N–C) groups is 1. The van der Waals surface area contributed by atoms with Gasteiger partial charge in [-0.2, -0.15) is 4.99 Å². The van der Waals surface area contributed by atoms with Crippen LogP contribution in [0.3, 0.4) is 0 Å². The van der Waals surface area contributed by atoms with Crippen molar-refractivity contribution in [2.24, 2.45) is 4.99 Å². The predicted molar refractivity (Wildman–Crippen MR) is 140 cm³/mol. The number of halogens is 1. The Morgan fingerprint density at radius 1 is 0.909 bits per heavy atom. The summed E-state index contributed by atoms with van der Waals surface area (Å²) in [5.74, 6) is 0.751. The molecule has 2 aromatic heterocycles. The number of anilines is 3. The molecule has 0 atom stereocenters. The van der Waals surface area contributed by atoms with Crippen molar-refractivity contribution in [1.82, 2.24) is 15.0 Å². The molecule has 0 bridgehead atoms. The van der Waals surface area contributed by atoms with Gasteiger partial charge in [0.05, 0.1) is 28.1 Å². The average Bonchev–Trinajstić information content (AvgIpc) is 2.75. The van der Waals surface area contributed by atoms with Gasteiger partial charge in [0.15, 0.2) is 0 Å². The van der Waals surface area contributed by atoms with E-state index in [1.54, 1.807) is 6.20 Å². The number of guanidine groups is 1. The van der Waals surface area contributed by atoms with E-state index in [9.17, 15) is 0 Å². The van der Waals surface area contributed by atoms with Gasteiger partial charge in [0.2, 0.25) is 17.0 Å². The number of thiocarbonyl (C=S) groups is 1. The SMILES string of the molecule is Cc1ccc(NC(=S)/N=C(/Nc2cnc3ccccc3c2)Nc2nc(C)cc(C)n2)c(Cl)c1. The maximum absolute atomic E-state index is 6.33. The molecule has 0 fully saturated rings. The molecule has 0 spiro atoms. The first-order valence-electron chi connectivity index (χ1n) is 10.2. The van der Waals surface area contributed by atoms with Gasteiger partial charge in [0.1, 0.15) is 0 Å². The van der Waals surface area contributed by atoms with Gasteiger partial charge in [-0.25, -0.2) is 9.97 Å². The normalized spacial score (nSPS) is 11.3. The monoisotopic (exact) mass is 475 g/mol. The minimum Gasteiger partial charge on any atom is -0.330 e. The zero-order valence-corrected chi connectivity index (χ0v) is 19.9. The predicted octanol–water partition coefficient (Wildman–Crippen LogP) is 5.88. The zero-order valence-electron chi connectivity index (χ0n) is 18.3. The average molecular weight is 476 g/mol. The van der Waals surface area contributed by atoms with E-state index in [4.69, 9.17) is 23.8 Å². The van der Waals surface area contributed by atoms with Crippen LogP contribution in [0.5, 0.6) is 0 Å². The molecule has 0 aliphatic rings. The molecule has 0 aliphatic carbocycles. The second-order valence-electron chi connectivity index (χ2n) is 7.51. The van der Waals surface area contributed by atoms with Crippen LogP contribution in [0, 0.1) is 20.8 Å². The summed E-state index contributed by atoms with van der Waals surface area (Å²) in [7, 11) is 0. The fourth-order valence-corrected chi connectivity index (χ4v) is 3.70. The van der Waals surface area contributed by atoms with E-state index in [0.717, 1.165) is 33.5 Å². The molecular formula is C24H22ClN7S. The highest BCUT2D eigenvalue weighted by molar-refractivity contribution is 7.80. The first-order chi connectivity index (χ1) is 15.9. The molecule has 7 nitrogen and oxygen atoms in total. The summed E-state index contributed by atoms with van der Waals surface area (Å²) in [6, 6.07) is 17.4. The minimum atomic E-state index is 0.217. The first-order valence-corrected chi connectivity index (χ1v) is 11.0. The molecule has 0 aliphatic heterocycles. The number of rotatable bonds is 3. The largest absolute Gasteiger partial charge is 0.330 e. The second kappa shape index (κ2) is 9.89. The van der Waals surface area contributed by atoms with Crippen LogP contribution in [-0.4, -0.2) is 26.0 Å². The van der Waals surface area contributed by atoms with Gasteiger partial charge in [-0.1, -0.05) is 35.9 Å².